The van der Waals surface area contributed by atoms with Crippen molar-refractivity contribution in [2.24, 2.45) is 0 Å². The summed E-state index contributed by atoms with van der Waals surface area (Å²) in [5.74, 6) is 0.848. The molecule has 1 N–H and O–H groups in total. The lowest BCUT2D eigenvalue weighted by atomic mass is 10.1. The summed E-state index contributed by atoms with van der Waals surface area (Å²) in [6, 6.07) is 14.7. The van der Waals surface area contributed by atoms with E-state index < -0.39 is 0 Å². The zero-order valence-electron chi connectivity index (χ0n) is 10.8. The average Bonchev–Trinajstić information content (AvgIpc) is 2.39. The fourth-order valence-corrected chi connectivity index (χ4v) is 2.58. The summed E-state index contributed by atoms with van der Waals surface area (Å²) in [5, 5.41) is 3.48. The van der Waals surface area contributed by atoms with E-state index in [1.807, 2.05) is 18.2 Å². The zero-order chi connectivity index (χ0) is 13.8. The molecule has 1 unspecified atom stereocenters. The molecule has 0 amide bonds. The molecule has 0 aromatic heterocycles. The van der Waals surface area contributed by atoms with Crippen LogP contribution in [0.15, 0.2) is 46.9 Å². The van der Waals surface area contributed by atoms with E-state index in [2.05, 4.69) is 75.0 Å². The second kappa shape index (κ2) is 6.61. The van der Waals surface area contributed by atoms with Crippen LogP contribution in [0.1, 0.15) is 18.5 Å². The van der Waals surface area contributed by atoms with E-state index in [9.17, 15) is 0 Å². The lowest BCUT2D eigenvalue weighted by Gasteiger charge is -2.18. The van der Waals surface area contributed by atoms with Gasteiger partial charge in [0.15, 0.2) is 0 Å². The van der Waals surface area contributed by atoms with Gasteiger partial charge in [-0.25, -0.2) is 0 Å². The fraction of sp³-hybridized carbons (Fsp3) is 0.200. The molecule has 0 bridgehead atoms. The standard InChI is InChI=1S/C15H15BrINO/c1-10(11-3-6-13(17)7-4-11)18-14-9-12(16)5-8-15(14)19-2/h3-10,18H,1-2H3. The Morgan fingerprint density at radius 2 is 1.84 bits per heavy atom. The van der Waals surface area contributed by atoms with Crippen molar-refractivity contribution in [3.8, 4) is 5.75 Å². The number of benzene rings is 2. The molecular weight excluding hydrogens is 417 g/mol. The Balaban J connectivity index is 2.20. The maximum Gasteiger partial charge on any atom is 0.142 e. The van der Waals surface area contributed by atoms with Gasteiger partial charge in [0.25, 0.3) is 0 Å². The highest BCUT2D eigenvalue weighted by molar-refractivity contribution is 14.1. The molecule has 1 atom stereocenters. The summed E-state index contributed by atoms with van der Waals surface area (Å²) in [6.07, 6.45) is 0. The summed E-state index contributed by atoms with van der Waals surface area (Å²) in [6.45, 7) is 2.14. The first-order valence-electron chi connectivity index (χ1n) is 5.95. The van der Waals surface area contributed by atoms with Crippen LogP contribution in [0.4, 0.5) is 5.69 Å². The first-order valence-corrected chi connectivity index (χ1v) is 7.83. The van der Waals surface area contributed by atoms with Gasteiger partial charge in [-0.3, -0.25) is 0 Å². The third kappa shape index (κ3) is 3.86. The van der Waals surface area contributed by atoms with Crippen molar-refractivity contribution >= 4 is 44.2 Å². The van der Waals surface area contributed by atoms with Gasteiger partial charge in [-0.2, -0.15) is 0 Å². The average molecular weight is 432 g/mol. The topological polar surface area (TPSA) is 21.3 Å². The molecule has 2 aromatic rings. The van der Waals surface area contributed by atoms with Gasteiger partial charge in [0.05, 0.1) is 12.8 Å². The van der Waals surface area contributed by atoms with Crippen molar-refractivity contribution in [2.45, 2.75) is 13.0 Å². The van der Waals surface area contributed by atoms with E-state index >= 15 is 0 Å². The Kier molecular flexibility index (Phi) is 5.10. The Hall–Kier alpha value is -0.750. The van der Waals surface area contributed by atoms with E-state index in [1.165, 1.54) is 9.13 Å². The largest absolute Gasteiger partial charge is 0.495 e. The molecule has 0 saturated heterocycles. The van der Waals surface area contributed by atoms with Gasteiger partial charge < -0.3 is 10.1 Å². The molecule has 19 heavy (non-hydrogen) atoms. The van der Waals surface area contributed by atoms with E-state index in [0.29, 0.717) is 0 Å². The fourth-order valence-electron chi connectivity index (χ4n) is 1.86. The van der Waals surface area contributed by atoms with Crippen LogP contribution in [-0.2, 0) is 0 Å². The predicted molar refractivity (Wildman–Crippen MR) is 91.9 cm³/mol. The second-order valence-corrected chi connectivity index (χ2v) is 6.42. The molecule has 0 fully saturated rings. The molecule has 100 valence electrons. The molecule has 0 aliphatic carbocycles. The second-order valence-electron chi connectivity index (χ2n) is 4.26. The molecule has 0 aliphatic rings. The smallest absolute Gasteiger partial charge is 0.142 e. The number of rotatable bonds is 4. The van der Waals surface area contributed by atoms with E-state index in [0.717, 1.165) is 15.9 Å². The molecule has 0 radical (unpaired) electrons. The van der Waals surface area contributed by atoms with Crippen LogP contribution >= 0.6 is 38.5 Å². The monoisotopic (exact) mass is 431 g/mol. The van der Waals surface area contributed by atoms with Crippen molar-refractivity contribution < 1.29 is 4.74 Å². The van der Waals surface area contributed by atoms with Gasteiger partial charge in [0.2, 0.25) is 0 Å². The first-order chi connectivity index (χ1) is 9.10. The maximum absolute atomic E-state index is 5.37. The van der Waals surface area contributed by atoms with E-state index in [1.54, 1.807) is 7.11 Å². The quantitative estimate of drug-likeness (QED) is 0.668. The summed E-state index contributed by atoms with van der Waals surface area (Å²) in [5.41, 5.74) is 2.24. The van der Waals surface area contributed by atoms with Crippen molar-refractivity contribution in [3.05, 3.63) is 56.1 Å². The highest BCUT2D eigenvalue weighted by atomic mass is 127. The Morgan fingerprint density at radius 3 is 2.47 bits per heavy atom. The lowest BCUT2D eigenvalue weighted by molar-refractivity contribution is 0.416. The van der Waals surface area contributed by atoms with Crippen molar-refractivity contribution in [3.63, 3.8) is 0 Å². The van der Waals surface area contributed by atoms with Crippen molar-refractivity contribution in [1.29, 1.82) is 0 Å². The van der Waals surface area contributed by atoms with Crippen LogP contribution in [0.5, 0.6) is 5.75 Å². The number of anilines is 1. The molecule has 0 saturated carbocycles. The number of ether oxygens (including phenoxy) is 1. The summed E-state index contributed by atoms with van der Waals surface area (Å²) < 4.78 is 7.65. The molecule has 2 rings (SSSR count). The zero-order valence-corrected chi connectivity index (χ0v) is 14.5. The normalized spacial score (nSPS) is 12.0. The minimum Gasteiger partial charge on any atom is -0.495 e. The number of methoxy groups -OCH3 is 1. The van der Waals surface area contributed by atoms with Gasteiger partial charge in [0, 0.05) is 14.1 Å². The van der Waals surface area contributed by atoms with Crippen molar-refractivity contribution in [1.82, 2.24) is 0 Å². The van der Waals surface area contributed by atoms with Crippen molar-refractivity contribution in [2.75, 3.05) is 12.4 Å². The summed E-state index contributed by atoms with van der Waals surface area (Å²) >= 11 is 5.80. The first kappa shape index (κ1) is 14.7. The lowest BCUT2D eigenvalue weighted by Crippen LogP contribution is -2.07. The van der Waals surface area contributed by atoms with Gasteiger partial charge in [0.1, 0.15) is 5.75 Å². The Morgan fingerprint density at radius 1 is 1.16 bits per heavy atom. The van der Waals surface area contributed by atoms with Gasteiger partial charge in [-0.1, -0.05) is 28.1 Å². The molecule has 0 aliphatic heterocycles. The van der Waals surface area contributed by atoms with Crippen LogP contribution in [0, 0.1) is 3.57 Å². The highest BCUT2D eigenvalue weighted by Gasteiger charge is 2.09. The summed E-state index contributed by atoms with van der Waals surface area (Å²) in [7, 11) is 1.68. The SMILES string of the molecule is COc1ccc(Br)cc1NC(C)c1ccc(I)cc1. The maximum atomic E-state index is 5.37. The minimum absolute atomic E-state index is 0.222. The van der Waals surface area contributed by atoms with Gasteiger partial charge in [-0.15, -0.1) is 0 Å². The van der Waals surface area contributed by atoms with Gasteiger partial charge >= 0.3 is 0 Å². The predicted octanol–water partition coefficient (Wildman–Crippen LogP) is 5.24. The van der Waals surface area contributed by atoms with Crippen LogP contribution in [0.3, 0.4) is 0 Å². The number of halogens is 2. The molecule has 2 nitrogen and oxygen atoms in total. The third-order valence-electron chi connectivity index (χ3n) is 2.90. The van der Waals surface area contributed by atoms with E-state index in [-0.39, 0.29) is 6.04 Å². The highest BCUT2D eigenvalue weighted by Crippen LogP contribution is 2.31. The third-order valence-corrected chi connectivity index (χ3v) is 4.12. The van der Waals surface area contributed by atoms with Crippen LogP contribution < -0.4 is 10.1 Å². The van der Waals surface area contributed by atoms with Crippen LogP contribution in [0.2, 0.25) is 0 Å². The molecular formula is C15H15BrINO. The molecule has 2 aromatic carbocycles. The Bertz CT molecular complexity index is 557. The number of nitrogens with one attached hydrogen (secondary N) is 1. The van der Waals surface area contributed by atoms with Crippen LogP contribution in [-0.4, -0.2) is 7.11 Å². The van der Waals surface area contributed by atoms with Gasteiger partial charge in [-0.05, 0) is 65.4 Å². The summed E-state index contributed by atoms with van der Waals surface area (Å²) in [4.78, 5) is 0. The molecule has 4 heteroatoms. The van der Waals surface area contributed by atoms with E-state index in [4.69, 9.17) is 4.74 Å². The number of hydrogen-bond donors (Lipinski definition) is 1. The Labute approximate surface area is 135 Å². The van der Waals surface area contributed by atoms with Crippen LogP contribution in [0.25, 0.3) is 0 Å². The molecule has 0 spiro atoms. The molecule has 0 heterocycles. The number of hydrogen-bond acceptors (Lipinski definition) is 2. The minimum atomic E-state index is 0.222.